The maximum Gasteiger partial charge on any atom is 0.416 e. The summed E-state index contributed by atoms with van der Waals surface area (Å²) in [6, 6.07) is 2.57. The molecule has 1 aliphatic rings. The lowest BCUT2D eigenvalue weighted by Crippen LogP contribution is -2.21. The summed E-state index contributed by atoms with van der Waals surface area (Å²) in [6.07, 6.45) is 4.91. The quantitative estimate of drug-likeness (QED) is 0.377. The van der Waals surface area contributed by atoms with Crippen molar-refractivity contribution in [2.45, 2.75) is 45.3 Å². The molecule has 0 saturated carbocycles. The Kier molecular flexibility index (Phi) is 5.70. The van der Waals surface area contributed by atoms with Crippen molar-refractivity contribution in [3.05, 3.63) is 82.6 Å². The van der Waals surface area contributed by atoms with E-state index in [1.165, 1.54) is 0 Å². The number of benzene rings is 1. The Bertz CT molecular complexity index is 1420. The molecule has 1 aromatic carbocycles. The highest BCUT2D eigenvalue weighted by Crippen LogP contribution is 2.40. The Morgan fingerprint density at radius 3 is 2.63 bits per heavy atom. The van der Waals surface area contributed by atoms with Gasteiger partial charge in [0.25, 0.3) is 0 Å². The van der Waals surface area contributed by atoms with E-state index >= 15 is 0 Å². The molecule has 1 unspecified atom stereocenters. The van der Waals surface area contributed by atoms with Crippen LogP contribution in [-0.2, 0) is 12.7 Å². The van der Waals surface area contributed by atoms with Crippen LogP contribution in [0.5, 0.6) is 0 Å². The van der Waals surface area contributed by atoms with Crippen LogP contribution in [-0.4, -0.2) is 34.3 Å². The molecule has 0 amide bonds. The van der Waals surface area contributed by atoms with E-state index in [1.807, 2.05) is 20.0 Å². The minimum Gasteiger partial charge on any atom is -0.289 e. The third-order valence-electron chi connectivity index (χ3n) is 5.88. The van der Waals surface area contributed by atoms with Crippen LogP contribution in [0.4, 0.5) is 17.6 Å². The fraction of sp³-hybridized carbons (Fsp3) is 0.292. The van der Waals surface area contributed by atoms with E-state index in [0.717, 1.165) is 23.9 Å². The number of hydrogen-bond donors (Lipinski definition) is 0. The van der Waals surface area contributed by atoms with E-state index < -0.39 is 23.5 Å². The van der Waals surface area contributed by atoms with Gasteiger partial charge in [0.15, 0.2) is 11.6 Å². The molecule has 180 valence electrons. The molecule has 0 fully saturated rings. The summed E-state index contributed by atoms with van der Waals surface area (Å²) < 4.78 is 58.1. The average molecular weight is 483 g/mol. The van der Waals surface area contributed by atoms with Crippen LogP contribution in [0.3, 0.4) is 0 Å². The van der Waals surface area contributed by atoms with Crippen LogP contribution in [0.1, 0.15) is 58.6 Å². The Balaban J connectivity index is 1.44. The molecule has 0 saturated heterocycles. The van der Waals surface area contributed by atoms with Crippen molar-refractivity contribution in [2.24, 2.45) is 0 Å². The number of imidazole rings is 1. The molecule has 35 heavy (non-hydrogen) atoms. The largest absolute Gasteiger partial charge is 0.416 e. The molecular weight excluding hydrogens is 462 g/mol. The first-order chi connectivity index (χ1) is 16.7. The van der Waals surface area contributed by atoms with Gasteiger partial charge in [-0.15, -0.1) is 0 Å². The van der Waals surface area contributed by atoms with E-state index in [1.54, 1.807) is 33.9 Å². The number of nitrogens with zero attached hydrogens (tertiary/aromatic N) is 7. The number of fused-ring (bicyclic) bond motifs is 1. The second-order valence-electron chi connectivity index (χ2n) is 8.44. The number of rotatable bonds is 4. The molecule has 4 heterocycles. The lowest BCUT2D eigenvalue weighted by molar-refractivity contribution is -0.138. The highest BCUT2D eigenvalue weighted by Gasteiger charge is 2.37. The molecule has 0 N–H and O–H groups in total. The molecule has 0 radical (unpaired) electrons. The summed E-state index contributed by atoms with van der Waals surface area (Å²) in [5.41, 5.74) is 1.18. The van der Waals surface area contributed by atoms with Crippen LogP contribution >= 0.6 is 0 Å². The first-order valence-electron chi connectivity index (χ1n) is 11.0. The van der Waals surface area contributed by atoms with Gasteiger partial charge in [0, 0.05) is 18.7 Å². The molecule has 0 bridgehead atoms. The fourth-order valence-corrected chi connectivity index (χ4v) is 4.34. The summed E-state index contributed by atoms with van der Waals surface area (Å²) in [4.78, 5) is 17.7. The SMILES string of the molecule is Cc1cn(-c2ncc(C=Cc3nc4n(n3)CCCC4c3cc(F)ccc3C(F)(F)F)nc2C)cn1. The van der Waals surface area contributed by atoms with Gasteiger partial charge >= 0.3 is 6.18 Å². The highest BCUT2D eigenvalue weighted by atomic mass is 19.4. The van der Waals surface area contributed by atoms with Gasteiger partial charge in [-0.1, -0.05) is 0 Å². The number of alkyl halides is 3. The van der Waals surface area contributed by atoms with Crippen LogP contribution in [0.15, 0.2) is 36.9 Å². The van der Waals surface area contributed by atoms with E-state index in [0.29, 0.717) is 48.2 Å². The van der Waals surface area contributed by atoms with Gasteiger partial charge in [-0.2, -0.15) is 18.3 Å². The Morgan fingerprint density at radius 2 is 1.91 bits per heavy atom. The third-order valence-corrected chi connectivity index (χ3v) is 5.88. The highest BCUT2D eigenvalue weighted by molar-refractivity contribution is 5.64. The van der Waals surface area contributed by atoms with Crippen molar-refractivity contribution in [1.82, 2.24) is 34.3 Å². The molecular formula is C24H21F4N7. The van der Waals surface area contributed by atoms with E-state index in [9.17, 15) is 17.6 Å². The van der Waals surface area contributed by atoms with Crippen molar-refractivity contribution < 1.29 is 17.6 Å². The lowest BCUT2D eigenvalue weighted by Gasteiger charge is -2.25. The first kappa shape index (κ1) is 22.9. The number of halogens is 4. The van der Waals surface area contributed by atoms with Crippen LogP contribution in [0.2, 0.25) is 0 Å². The summed E-state index contributed by atoms with van der Waals surface area (Å²) in [7, 11) is 0. The maximum atomic E-state index is 13.9. The molecule has 4 aromatic rings. The molecule has 0 aliphatic carbocycles. The molecule has 0 spiro atoms. The van der Waals surface area contributed by atoms with Crippen LogP contribution in [0, 0.1) is 19.7 Å². The number of hydrogen-bond acceptors (Lipinski definition) is 5. The Hall–Kier alpha value is -3.89. The predicted octanol–water partition coefficient (Wildman–Crippen LogP) is 5.12. The minimum atomic E-state index is -4.59. The number of aryl methyl sites for hydroxylation is 3. The van der Waals surface area contributed by atoms with Crippen molar-refractivity contribution in [1.29, 1.82) is 0 Å². The topological polar surface area (TPSA) is 74.3 Å². The zero-order valence-electron chi connectivity index (χ0n) is 19.0. The molecule has 3 aromatic heterocycles. The van der Waals surface area contributed by atoms with Crippen LogP contribution < -0.4 is 0 Å². The molecule has 5 rings (SSSR count). The fourth-order valence-electron chi connectivity index (χ4n) is 4.34. The maximum absolute atomic E-state index is 13.9. The molecule has 1 atom stereocenters. The zero-order chi connectivity index (χ0) is 24.7. The lowest BCUT2D eigenvalue weighted by atomic mass is 9.87. The Labute approximate surface area is 198 Å². The van der Waals surface area contributed by atoms with Crippen molar-refractivity contribution in [2.75, 3.05) is 0 Å². The van der Waals surface area contributed by atoms with Gasteiger partial charge in [-0.3, -0.25) is 4.57 Å². The van der Waals surface area contributed by atoms with Crippen molar-refractivity contribution in [3.63, 3.8) is 0 Å². The standard InChI is InChI=1S/C24H21F4N7/c1-14-12-34(13-30-14)22-15(2)31-17(11-29-22)6-8-21-32-23-18(4-3-9-35(23)33-21)19-10-16(25)5-7-20(19)24(26,27)28/h5-8,10-13,18H,3-4,9H2,1-2H3. The normalized spacial score (nSPS) is 16.1. The first-order valence-corrected chi connectivity index (χ1v) is 11.0. The summed E-state index contributed by atoms with van der Waals surface area (Å²) in [6.45, 7) is 4.25. The third kappa shape index (κ3) is 4.58. The van der Waals surface area contributed by atoms with Crippen molar-refractivity contribution >= 4 is 12.2 Å². The van der Waals surface area contributed by atoms with Gasteiger partial charge in [0.1, 0.15) is 18.0 Å². The summed E-state index contributed by atoms with van der Waals surface area (Å²) in [5.74, 6) is -0.0267. The minimum absolute atomic E-state index is 0.117. The van der Waals surface area contributed by atoms with E-state index in [-0.39, 0.29) is 5.56 Å². The molecule has 7 nitrogen and oxygen atoms in total. The predicted molar refractivity (Wildman–Crippen MR) is 120 cm³/mol. The van der Waals surface area contributed by atoms with Gasteiger partial charge in [-0.05, 0) is 62.6 Å². The van der Waals surface area contributed by atoms with Gasteiger partial charge < -0.3 is 0 Å². The monoisotopic (exact) mass is 483 g/mol. The summed E-state index contributed by atoms with van der Waals surface area (Å²) >= 11 is 0. The van der Waals surface area contributed by atoms with Gasteiger partial charge in [-0.25, -0.2) is 29.0 Å². The van der Waals surface area contributed by atoms with Crippen molar-refractivity contribution in [3.8, 4) is 5.82 Å². The summed E-state index contributed by atoms with van der Waals surface area (Å²) in [5, 5.41) is 4.43. The van der Waals surface area contributed by atoms with E-state index in [2.05, 4.69) is 25.0 Å². The van der Waals surface area contributed by atoms with Crippen LogP contribution in [0.25, 0.3) is 18.0 Å². The Morgan fingerprint density at radius 1 is 1.09 bits per heavy atom. The van der Waals surface area contributed by atoms with E-state index in [4.69, 9.17) is 0 Å². The molecule has 1 aliphatic heterocycles. The van der Waals surface area contributed by atoms with Gasteiger partial charge in [0.2, 0.25) is 0 Å². The average Bonchev–Trinajstić information content (AvgIpc) is 3.42. The second kappa shape index (κ2) is 8.71. The number of aromatic nitrogens is 7. The molecule has 11 heteroatoms. The van der Waals surface area contributed by atoms with Gasteiger partial charge in [0.05, 0.1) is 28.8 Å². The second-order valence-corrected chi connectivity index (χ2v) is 8.44. The zero-order valence-corrected chi connectivity index (χ0v) is 19.0. The smallest absolute Gasteiger partial charge is 0.289 e.